The summed E-state index contributed by atoms with van der Waals surface area (Å²) in [5.74, 6) is 0.247. The number of phenolic OH excluding ortho intramolecular Hbond substituents is 1. The fraction of sp³-hybridized carbons (Fsp3) is 0.267. The van der Waals surface area contributed by atoms with Crippen molar-refractivity contribution in [3.8, 4) is 5.75 Å². The molecule has 0 bridgehead atoms. The molecule has 0 aliphatic heterocycles. The van der Waals surface area contributed by atoms with Gasteiger partial charge < -0.3 is 15.7 Å². The van der Waals surface area contributed by atoms with Gasteiger partial charge in [0.2, 0.25) is 5.91 Å². The lowest BCUT2D eigenvalue weighted by atomic mass is 10.1. The maximum atomic E-state index is 11.1. The van der Waals surface area contributed by atoms with Crippen molar-refractivity contribution in [3.05, 3.63) is 39.6 Å². The molecule has 0 radical (unpaired) electrons. The van der Waals surface area contributed by atoms with Crippen LogP contribution in [0, 0.1) is 13.8 Å². The van der Waals surface area contributed by atoms with Gasteiger partial charge in [-0.1, -0.05) is 6.07 Å². The molecule has 106 valence electrons. The highest BCUT2D eigenvalue weighted by molar-refractivity contribution is 7.10. The van der Waals surface area contributed by atoms with Gasteiger partial charge in [0, 0.05) is 23.1 Å². The first-order valence-corrected chi connectivity index (χ1v) is 7.24. The van der Waals surface area contributed by atoms with Crippen LogP contribution >= 0.6 is 11.3 Å². The van der Waals surface area contributed by atoms with Gasteiger partial charge in [0.05, 0.1) is 12.2 Å². The Hall–Kier alpha value is -2.01. The predicted octanol–water partition coefficient (Wildman–Crippen LogP) is 3.64. The van der Waals surface area contributed by atoms with E-state index in [1.165, 1.54) is 6.92 Å². The summed E-state index contributed by atoms with van der Waals surface area (Å²) in [6.07, 6.45) is 0. The van der Waals surface area contributed by atoms with Crippen LogP contribution in [0.5, 0.6) is 5.75 Å². The molecule has 20 heavy (non-hydrogen) atoms. The van der Waals surface area contributed by atoms with Gasteiger partial charge in [-0.05, 0) is 36.9 Å². The highest BCUT2D eigenvalue weighted by atomic mass is 32.1. The van der Waals surface area contributed by atoms with Gasteiger partial charge >= 0.3 is 0 Å². The molecule has 0 saturated heterocycles. The van der Waals surface area contributed by atoms with Crippen molar-refractivity contribution in [2.45, 2.75) is 27.3 Å². The van der Waals surface area contributed by atoms with E-state index in [0.29, 0.717) is 12.3 Å². The van der Waals surface area contributed by atoms with Crippen LogP contribution in [0.25, 0.3) is 0 Å². The van der Waals surface area contributed by atoms with Gasteiger partial charge in [-0.15, -0.1) is 11.3 Å². The summed E-state index contributed by atoms with van der Waals surface area (Å²) < 4.78 is 0. The summed E-state index contributed by atoms with van der Waals surface area (Å²) in [4.78, 5) is 12.2. The van der Waals surface area contributed by atoms with Crippen LogP contribution in [-0.2, 0) is 11.3 Å². The number of amides is 1. The molecular weight excluding hydrogens is 272 g/mol. The van der Waals surface area contributed by atoms with Crippen LogP contribution in [0.3, 0.4) is 0 Å². The van der Waals surface area contributed by atoms with Crippen molar-refractivity contribution in [1.29, 1.82) is 0 Å². The average molecular weight is 290 g/mol. The number of nitrogens with one attached hydrogen (secondary N) is 2. The van der Waals surface area contributed by atoms with Gasteiger partial charge in [-0.25, -0.2) is 0 Å². The summed E-state index contributed by atoms with van der Waals surface area (Å²) in [7, 11) is 0. The third-order valence-corrected chi connectivity index (χ3v) is 4.05. The number of thiophene rings is 1. The standard InChI is InChI=1S/C15H18N2O2S/c1-9-4-5-12(10(2)15(9)19)16-8-14-13(6-7-20-14)17-11(3)18/h4-7,16,19H,8H2,1-3H3,(H,17,18). The molecule has 0 atom stereocenters. The van der Waals surface area contributed by atoms with Crippen molar-refractivity contribution >= 4 is 28.6 Å². The van der Waals surface area contributed by atoms with E-state index in [1.54, 1.807) is 11.3 Å². The molecule has 0 aliphatic rings. The number of aryl methyl sites for hydroxylation is 1. The number of benzene rings is 1. The Morgan fingerprint density at radius 1 is 1.25 bits per heavy atom. The van der Waals surface area contributed by atoms with E-state index in [-0.39, 0.29) is 5.91 Å². The van der Waals surface area contributed by atoms with Crippen LogP contribution in [0.2, 0.25) is 0 Å². The van der Waals surface area contributed by atoms with Gasteiger partial charge in [0.15, 0.2) is 0 Å². The van der Waals surface area contributed by atoms with Crippen molar-refractivity contribution in [3.63, 3.8) is 0 Å². The van der Waals surface area contributed by atoms with E-state index in [2.05, 4.69) is 10.6 Å². The molecule has 2 rings (SSSR count). The molecule has 1 aromatic heterocycles. The maximum absolute atomic E-state index is 11.1. The molecule has 0 saturated carbocycles. The minimum Gasteiger partial charge on any atom is -0.507 e. The number of hydrogen-bond donors (Lipinski definition) is 3. The lowest BCUT2D eigenvalue weighted by Crippen LogP contribution is -2.08. The van der Waals surface area contributed by atoms with Crippen LogP contribution in [0.4, 0.5) is 11.4 Å². The van der Waals surface area contributed by atoms with E-state index in [9.17, 15) is 9.90 Å². The third kappa shape index (κ3) is 3.11. The first kappa shape index (κ1) is 14.4. The molecular formula is C15H18N2O2S. The average Bonchev–Trinajstić information content (AvgIpc) is 2.82. The fourth-order valence-electron chi connectivity index (χ4n) is 1.98. The molecule has 0 spiro atoms. The zero-order valence-corrected chi connectivity index (χ0v) is 12.6. The minimum absolute atomic E-state index is 0.0752. The quantitative estimate of drug-likeness (QED) is 0.805. The summed E-state index contributed by atoms with van der Waals surface area (Å²) in [5.41, 5.74) is 3.44. The molecule has 1 amide bonds. The van der Waals surface area contributed by atoms with Crippen molar-refractivity contribution in [2.75, 3.05) is 10.6 Å². The smallest absolute Gasteiger partial charge is 0.221 e. The largest absolute Gasteiger partial charge is 0.507 e. The van der Waals surface area contributed by atoms with E-state index < -0.39 is 0 Å². The van der Waals surface area contributed by atoms with Crippen molar-refractivity contribution < 1.29 is 9.90 Å². The first-order chi connectivity index (χ1) is 9.49. The topological polar surface area (TPSA) is 61.4 Å². The predicted molar refractivity (Wildman–Crippen MR) is 83.5 cm³/mol. The Labute approximate surface area is 122 Å². The molecule has 2 aromatic rings. The Balaban J connectivity index is 2.11. The van der Waals surface area contributed by atoms with Gasteiger partial charge in [0.1, 0.15) is 5.75 Å². The number of carbonyl (C=O) groups is 1. The number of carbonyl (C=O) groups excluding carboxylic acids is 1. The van der Waals surface area contributed by atoms with E-state index >= 15 is 0 Å². The zero-order chi connectivity index (χ0) is 14.7. The van der Waals surface area contributed by atoms with Crippen LogP contribution in [-0.4, -0.2) is 11.0 Å². The minimum atomic E-state index is -0.0752. The van der Waals surface area contributed by atoms with E-state index in [4.69, 9.17) is 0 Å². The molecule has 0 aliphatic carbocycles. The summed E-state index contributed by atoms with van der Waals surface area (Å²) in [6.45, 7) is 5.86. The highest BCUT2D eigenvalue weighted by Gasteiger charge is 2.08. The molecule has 1 aromatic carbocycles. The van der Waals surface area contributed by atoms with Crippen LogP contribution in [0.15, 0.2) is 23.6 Å². The molecule has 3 N–H and O–H groups in total. The van der Waals surface area contributed by atoms with E-state index in [1.807, 2.05) is 37.4 Å². The molecule has 1 heterocycles. The molecule has 4 nitrogen and oxygen atoms in total. The summed E-state index contributed by atoms with van der Waals surface area (Å²) >= 11 is 1.58. The molecule has 0 fully saturated rings. The Morgan fingerprint density at radius 2 is 2.00 bits per heavy atom. The monoisotopic (exact) mass is 290 g/mol. The SMILES string of the molecule is CC(=O)Nc1ccsc1CNc1ccc(C)c(O)c1C. The Bertz CT molecular complexity index is 635. The number of aromatic hydroxyl groups is 1. The van der Waals surface area contributed by atoms with E-state index in [0.717, 1.165) is 27.4 Å². The Kier molecular flexibility index (Phi) is 4.29. The number of hydrogen-bond acceptors (Lipinski definition) is 4. The van der Waals surface area contributed by atoms with Gasteiger partial charge in [-0.2, -0.15) is 0 Å². The lowest BCUT2D eigenvalue weighted by Gasteiger charge is -2.12. The van der Waals surface area contributed by atoms with Crippen molar-refractivity contribution in [1.82, 2.24) is 0 Å². The fourth-order valence-corrected chi connectivity index (χ4v) is 2.75. The first-order valence-electron chi connectivity index (χ1n) is 6.36. The highest BCUT2D eigenvalue weighted by Crippen LogP contribution is 2.29. The normalized spacial score (nSPS) is 10.3. The Morgan fingerprint density at radius 3 is 2.70 bits per heavy atom. The second kappa shape index (κ2) is 5.96. The number of anilines is 2. The molecule has 0 unspecified atom stereocenters. The maximum Gasteiger partial charge on any atom is 0.221 e. The van der Waals surface area contributed by atoms with Gasteiger partial charge in [-0.3, -0.25) is 4.79 Å². The van der Waals surface area contributed by atoms with Crippen molar-refractivity contribution in [2.24, 2.45) is 0 Å². The molecule has 5 heteroatoms. The number of rotatable bonds is 4. The number of phenols is 1. The summed E-state index contributed by atoms with van der Waals surface area (Å²) in [6, 6.07) is 5.73. The van der Waals surface area contributed by atoms with Gasteiger partial charge in [0.25, 0.3) is 0 Å². The third-order valence-electron chi connectivity index (χ3n) is 3.13. The zero-order valence-electron chi connectivity index (χ0n) is 11.8. The lowest BCUT2D eigenvalue weighted by molar-refractivity contribution is -0.114. The second-order valence-corrected chi connectivity index (χ2v) is 5.70. The summed E-state index contributed by atoms with van der Waals surface area (Å²) in [5, 5.41) is 18.0. The second-order valence-electron chi connectivity index (χ2n) is 4.70. The van der Waals surface area contributed by atoms with Crippen LogP contribution in [0.1, 0.15) is 22.9 Å². The van der Waals surface area contributed by atoms with Crippen LogP contribution < -0.4 is 10.6 Å².